The standard InChI is InChI=1S/C29H30BrFN2O2/c1-21-29-27(15-17-33(21)35-19-23-9-11-24(31)12-10-23)26-14-13-25(34-20-30)18-28(26)32(29)16-5-8-22-6-3-2-4-7-22/h2-4,6-7,9-15,17-18,26-28H,5,8,16,19-20H2,1H3. The predicted octanol–water partition coefficient (Wildman–Crippen LogP) is 6.69. The molecule has 2 aliphatic heterocycles. The molecule has 1 saturated heterocycles. The van der Waals surface area contributed by atoms with Crippen molar-refractivity contribution in [1.29, 1.82) is 0 Å². The van der Waals surface area contributed by atoms with Gasteiger partial charge in [-0.25, -0.2) is 9.45 Å². The van der Waals surface area contributed by atoms with Crippen molar-refractivity contribution in [2.45, 2.75) is 32.4 Å². The van der Waals surface area contributed by atoms with Crippen molar-refractivity contribution in [3.63, 3.8) is 0 Å². The van der Waals surface area contributed by atoms with Gasteiger partial charge in [0.05, 0.1) is 11.7 Å². The Labute approximate surface area is 215 Å². The number of hydroxylamine groups is 2. The number of nitrogens with zero attached hydrogens (tertiary/aromatic N) is 2. The molecule has 0 aromatic heterocycles. The Morgan fingerprint density at radius 1 is 1.00 bits per heavy atom. The first-order valence-electron chi connectivity index (χ1n) is 12.1. The molecule has 2 aromatic carbocycles. The van der Waals surface area contributed by atoms with E-state index >= 15 is 0 Å². The van der Waals surface area contributed by atoms with E-state index in [1.807, 2.05) is 11.3 Å². The molecule has 2 heterocycles. The molecule has 1 fully saturated rings. The van der Waals surface area contributed by atoms with Crippen LogP contribution in [0.1, 0.15) is 24.5 Å². The summed E-state index contributed by atoms with van der Waals surface area (Å²) in [6.07, 6.45) is 13.0. The van der Waals surface area contributed by atoms with Crippen LogP contribution in [-0.2, 0) is 22.6 Å². The summed E-state index contributed by atoms with van der Waals surface area (Å²) in [6, 6.07) is 17.3. The second-order valence-corrected chi connectivity index (χ2v) is 9.55. The number of ether oxygens (including phenoxy) is 1. The molecule has 0 spiro atoms. The first kappa shape index (κ1) is 23.9. The van der Waals surface area contributed by atoms with E-state index in [2.05, 4.69) is 82.4 Å². The quantitative estimate of drug-likeness (QED) is 0.333. The molecule has 1 aliphatic carbocycles. The van der Waals surface area contributed by atoms with Crippen molar-refractivity contribution < 1.29 is 14.0 Å². The normalized spacial score (nSPS) is 22.8. The fourth-order valence-electron chi connectivity index (χ4n) is 5.27. The number of aryl methyl sites for hydroxylation is 1. The fraction of sp³-hybridized carbons (Fsp3) is 0.310. The zero-order valence-electron chi connectivity index (χ0n) is 19.8. The highest BCUT2D eigenvalue weighted by molar-refractivity contribution is 9.09. The molecule has 3 aliphatic rings. The van der Waals surface area contributed by atoms with E-state index in [0.29, 0.717) is 24.0 Å². The lowest BCUT2D eigenvalue weighted by atomic mass is 9.85. The van der Waals surface area contributed by atoms with Gasteiger partial charge in [0.15, 0.2) is 0 Å². The molecule has 2 aromatic rings. The molecule has 0 amide bonds. The van der Waals surface area contributed by atoms with E-state index in [4.69, 9.17) is 9.57 Å². The van der Waals surface area contributed by atoms with Gasteiger partial charge in [-0.05, 0) is 71.1 Å². The summed E-state index contributed by atoms with van der Waals surface area (Å²) in [5.74, 6) is 1.31. The maximum absolute atomic E-state index is 13.3. The molecule has 0 bridgehead atoms. The van der Waals surface area contributed by atoms with Crippen LogP contribution >= 0.6 is 15.9 Å². The first-order chi connectivity index (χ1) is 17.1. The minimum Gasteiger partial charge on any atom is -0.483 e. The molecule has 5 rings (SSSR count). The third-order valence-electron chi connectivity index (χ3n) is 6.95. The van der Waals surface area contributed by atoms with Crippen LogP contribution < -0.4 is 0 Å². The van der Waals surface area contributed by atoms with Gasteiger partial charge in [-0.1, -0.05) is 54.6 Å². The maximum Gasteiger partial charge on any atom is 0.143 e. The highest BCUT2D eigenvalue weighted by atomic mass is 79.9. The number of rotatable bonds is 9. The molecule has 0 saturated carbocycles. The molecule has 4 nitrogen and oxygen atoms in total. The second-order valence-electron chi connectivity index (χ2n) is 9.10. The average Bonchev–Trinajstić information content (AvgIpc) is 3.19. The Balaban J connectivity index is 1.37. The Bertz CT molecular complexity index is 1140. The van der Waals surface area contributed by atoms with Crippen LogP contribution in [0.25, 0.3) is 0 Å². The van der Waals surface area contributed by atoms with Crippen LogP contribution in [0.2, 0.25) is 0 Å². The van der Waals surface area contributed by atoms with E-state index in [9.17, 15) is 4.39 Å². The first-order valence-corrected chi connectivity index (χ1v) is 13.2. The van der Waals surface area contributed by atoms with Crippen LogP contribution in [0.3, 0.4) is 0 Å². The zero-order chi connectivity index (χ0) is 24.2. The number of allylic oxidation sites excluding steroid dienone is 3. The summed E-state index contributed by atoms with van der Waals surface area (Å²) in [7, 11) is 0. The second kappa shape index (κ2) is 10.8. The Hall–Kier alpha value is -2.83. The largest absolute Gasteiger partial charge is 0.483 e. The molecule has 0 N–H and O–H groups in total. The van der Waals surface area contributed by atoms with Gasteiger partial charge < -0.3 is 9.64 Å². The van der Waals surface area contributed by atoms with Crippen molar-refractivity contribution >= 4 is 15.9 Å². The number of alkyl halides is 1. The minimum atomic E-state index is -0.239. The van der Waals surface area contributed by atoms with Crippen LogP contribution in [0.5, 0.6) is 0 Å². The molecule has 35 heavy (non-hydrogen) atoms. The number of hydrogen-bond donors (Lipinski definition) is 0. The summed E-state index contributed by atoms with van der Waals surface area (Å²) in [6.45, 7) is 3.45. The van der Waals surface area contributed by atoms with Crippen LogP contribution in [0.4, 0.5) is 4.39 Å². The average molecular weight is 537 g/mol. The fourth-order valence-corrected chi connectivity index (χ4v) is 5.54. The number of benzene rings is 2. The molecule has 3 atom stereocenters. The van der Waals surface area contributed by atoms with E-state index in [0.717, 1.165) is 36.4 Å². The van der Waals surface area contributed by atoms with E-state index in [1.165, 1.54) is 23.4 Å². The smallest absolute Gasteiger partial charge is 0.143 e. The molecule has 3 unspecified atom stereocenters. The summed E-state index contributed by atoms with van der Waals surface area (Å²) >= 11 is 3.38. The van der Waals surface area contributed by atoms with Gasteiger partial charge in [0.2, 0.25) is 0 Å². The highest BCUT2D eigenvalue weighted by Gasteiger charge is 2.45. The topological polar surface area (TPSA) is 24.9 Å². The van der Waals surface area contributed by atoms with Crippen molar-refractivity contribution in [1.82, 2.24) is 9.96 Å². The van der Waals surface area contributed by atoms with Gasteiger partial charge in [0.25, 0.3) is 0 Å². The van der Waals surface area contributed by atoms with Gasteiger partial charge in [-0.3, -0.25) is 4.84 Å². The lowest BCUT2D eigenvalue weighted by Gasteiger charge is -2.33. The monoisotopic (exact) mass is 536 g/mol. The van der Waals surface area contributed by atoms with Crippen LogP contribution in [0.15, 0.2) is 102 Å². The van der Waals surface area contributed by atoms with E-state index < -0.39 is 0 Å². The summed E-state index contributed by atoms with van der Waals surface area (Å²) in [5, 5.41) is 1.86. The Morgan fingerprint density at radius 3 is 2.57 bits per heavy atom. The SMILES string of the molecule is CC1=C2C(C=CN1OCc1ccc(F)cc1)C1C=CC(OCBr)=CC1N2CCCc1ccccc1. The van der Waals surface area contributed by atoms with Gasteiger partial charge in [-0.2, -0.15) is 0 Å². The molecule has 182 valence electrons. The summed E-state index contributed by atoms with van der Waals surface area (Å²) in [4.78, 5) is 8.67. The van der Waals surface area contributed by atoms with Gasteiger partial charge >= 0.3 is 0 Å². The minimum absolute atomic E-state index is 0.237. The Kier molecular flexibility index (Phi) is 7.40. The van der Waals surface area contributed by atoms with Gasteiger partial charge in [0, 0.05) is 30.3 Å². The molecule has 0 radical (unpaired) electrons. The molecular weight excluding hydrogens is 507 g/mol. The number of halogens is 2. The number of fused-ring (bicyclic) bond motifs is 3. The van der Waals surface area contributed by atoms with Crippen LogP contribution in [-0.4, -0.2) is 28.1 Å². The highest BCUT2D eigenvalue weighted by Crippen LogP contribution is 2.46. The van der Waals surface area contributed by atoms with Crippen molar-refractivity contribution in [3.05, 3.63) is 119 Å². The molecular formula is C29H30BrFN2O2. The summed E-state index contributed by atoms with van der Waals surface area (Å²) < 4.78 is 19.0. The maximum atomic E-state index is 13.3. The molecule has 6 heteroatoms. The van der Waals surface area contributed by atoms with Gasteiger partial charge in [-0.15, -0.1) is 0 Å². The van der Waals surface area contributed by atoms with Crippen LogP contribution in [0, 0.1) is 17.7 Å². The van der Waals surface area contributed by atoms with Crippen molar-refractivity contribution in [2.75, 3.05) is 12.1 Å². The lowest BCUT2D eigenvalue weighted by Crippen LogP contribution is -2.34. The van der Waals surface area contributed by atoms with E-state index in [1.54, 1.807) is 12.1 Å². The van der Waals surface area contributed by atoms with Gasteiger partial charge in [0.1, 0.15) is 23.7 Å². The van der Waals surface area contributed by atoms with Crippen molar-refractivity contribution in [3.8, 4) is 0 Å². The third kappa shape index (κ3) is 5.24. The predicted molar refractivity (Wildman–Crippen MR) is 139 cm³/mol. The number of hydrogen-bond acceptors (Lipinski definition) is 4. The third-order valence-corrected chi connectivity index (χ3v) is 7.18. The Morgan fingerprint density at radius 2 is 1.80 bits per heavy atom. The summed E-state index contributed by atoms with van der Waals surface area (Å²) in [5.41, 5.74) is 5.17. The van der Waals surface area contributed by atoms with Crippen molar-refractivity contribution in [2.24, 2.45) is 11.8 Å². The lowest BCUT2D eigenvalue weighted by molar-refractivity contribution is -0.108. The number of likely N-dealkylation sites (tertiary alicyclic amines) is 1. The zero-order valence-corrected chi connectivity index (χ0v) is 21.4. The van der Waals surface area contributed by atoms with E-state index in [-0.39, 0.29) is 11.9 Å².